The van der Waals surface area contributed by atoms with Crippen molar-refractivity contribution in [3.05, 3.63) is 64.7 Å². The van der Waals surface area contributed by atoms with Crippen LogP contribution >= 0.6 is 11.6 Å². The Morgan fingerprint density at radius 1 is 0.950 bits per heavy atom. The van der Waals surface area contributed by atoms with Gasteiger partial charge < -0.3 is 10.2 Å². The predicted octanol–water partition coefficient (Wildman–Crippen LogP) is 3.34. The molecule has 2 aromatic rings. The van der Waals surface area contributed by atoms with Crippen LogP contribution in [0.15, 0.2) is 48.5 Å². The van der Waals surface area contributed by atoms with Crippen LogP contribution in [-0.2, 0) is 6.42 Å². The van der Waals surface area contributed by atoms with Gasteiger partial charge in [-0.2, -0.15) is 0 Å². The van der Waals surface area contributed by atoms with E-state index >= 15 is 0 Å². The minimum absolute atomic E-state index is 0.796. The van der Waals surface area contributed by atoms with E-state index in [0.717, 1.165) is 37.6 Å². The zero-order valence-electron chi connectivity index (χ0n) is 11.5. The molecule has 0 aliphatic carbocycles. The molecule has 3 heteroatoms. The number of nitrogens with zero attached hydrogens (tertiary/aromatic N) is 1. The van der Waals surface area contributed by atoms with Crippen LogP contribution in [0.2, 0.25) is 5.02 Å². The lowest BCUT2D eigenvalue weighted by molar-refractivity contribution is 0.588. The van der Waals surface area contributed by atoms with Gasteiger partial charge in [0.25, 0.3) is 0 Å². The van der Waals surface area contributed by atoms with Crippen molar-refractivity contribution in [1.82, 2.24) is 5.32 Å². The summed E-state index contributed by atoms with van der Waals surface area (Å²) in [7, 11) is 0. The van der Waals surface area contributed by atoms with Crippen LogP contribution in [0.1, 0.15) is 11.1 Å². The highest BCUT2D eigenvalue weighted by Crippen LogP contribution is 2.24. The first-order valence-electron chi connectivity index (χ1n) is 7.11. The van der Waals surface area contributed by atoms with E-state index in [1.807, 2.05) is 12.1 Å². The van der Waals surface area contributed by atoms with E-state index in [1.165, 1.54) is 16.8 Å². The number of rotatable bonds is 3. The molecule has 0 radical (unpaired) electrons. The normalized spacial score (nSPS) is 15.3. The van der Waals surface area contributed by atoms with Gasteiger partial charge in [0.15, 0.2) is 0 Å². The molecule has 0 bridgehead atoms. The maximum absolute atomic E-state index is 5.95. The van der Waals surface area contributed by atoms with Crippen molar-refractivity contribution in [3.8, 4) is 0 Å². The number of benzene rings is 2. The summed E-state index contributed by atoms with van der Waals surface area (Å²) in [5, 5.41) is 4.20. The molecule has 104 valence electrons. The SMILES string of the molecule is Clc1ccc(Cc2ccccc2N2CCNCC2)cc1. The number of anilines is 1. The van der Waals surface area contributed by atoms with Gasteiger partial charge in [-0.15, -0.1) is 0 Å². The maximum Gasteiger partial charge on any atom is 0.0406 e. The summed E-state index contributed by atoms with van der Waals surface area (Å²) in [6.45, 7) is 4.29. The van der Waals surface area contributed by atoms with Crippen LogP contribution in [0.4, 0.5) is 5.69 Å². The highest BCUT2D eigenvalue weighted by Gasteiger charge is 2.13. The number of halogens is 1. The van der Waals surface area contributed by atoms with Crippen LogP contribution in [0.3, 0.4) is 0 Å². The summed E-state index contributed by atoms with van der Waals surface area (Å²) >= 11 is 5.95. The number of piperazine rings is 1. The minimum Gasteiger partial charge on any atom is -0.369 e. The summed E-state index contributed by atoms with van der Waals surface area (Å²) in [6.07, 6.45) is 0.956. The van der Waals surface area contributed by atoms with Crippen molar-refractivity contribution in [2.75, 3.05) is 31.1 Å². The third kappa shape index (κ3) is 3.14. The molecule has 0 spiro atoms. The zero-order valence-corrected chi connectivity index (χ0v) is 12.2. The van der Waals surface area contributed by atoms with Crippen LogP contribution in [0, 0.1) is 0 Å². The molecule has 0 amide bonds. The Bertz CT molecular complexity index is 559. The minimum atomic E-state index is 0.796. The standard InChI is InChI=1S/C17H19ClN2/c18-16-7-5-14(6-8-16)13-15-3-1-2-4-17(15)20-11-9-19-10-12-20/h1-8,19H,9-13H2. The van der Waals surface area contributed by atoms with Crippen molar-refractivity contribution in [2.24, 2.45) is 0 Å². The lowest BCUT2D eigenvalue weighted by atomic mass is 10.0. The van der Waals surface area contributed by atoms with Gasteiger partial charge in [-0.1, -0.05) is 41.9 Å². The lowest BCUT2D eigenvalue weighted by Gasteiger charge is -2.31. The summed E-state index contributed by atoms with van der Waals surface area (Å²) in [5.41, 5.74) is 4.05. The van der Waals surface area contributed by atoms with Gasteiger partial charge in [-0.3, -0.25) is 0 Å². The summed E-state index contributed by atoms with van der Waals surface area (Å²) in [6, 6.07) is 16.9. The predicted molar refractivity (Wildman–Crippen MR) is 85.8 cm³/mol. The Morgan fingerprint density at radius 3 is 2.40 bits per heavy atom. The highest BCUT2D eigenvalue weighted by atomic mass is 35.5. The van der Waals surface area contributed by atoms with E-state index in [2.05, 4.69) is 46.6 Å². The molecule has 2 aromatic carbocycles. The van der Waals surface area contributed by atoms with E-state index in [9.17, 15) is 0 Å². The Kier molecular flexibility index (Phi) is 4.24. The average Bonchev–Trinajstić information content (AvgIpc) is 2.51. The second-order valence-corrected chi connectivity index (χ2v) is 5.61. The summed E-state index contributed by atoms with van der Waals surface area (Å²) in [5.74, 6) is 0. The quantitative estimate of drug-likeness (QED) is 0.931. The van der Waals surface area contributed by atoms with Gasteiger partial charge >= 0.3 is 0 Å². The second kappa shape index (κ2) is 6.29. The molecule has 1 heterocycles. The summed E-state index contributed by atoms with van der Waals surface area (Å²) < 4.78 is 0. The topological polar surface area (TPSA) is 15.3 Å². The molecule has 3 rings (SSSR count). The van der Waals surface area contributed by atoms with Crippen LogP contribution in [0.5, 0.6) is 0 Å². The van der Waals surface area contributed by atoms with Crippen molar-refractivity contribution < 1.29 is 0 Å². The van der Waals surface area contributed by atoms with Crippen molar-refractivity contribution in [2.45, 2.75) is 6.42 Å². The Balaban J connectivity index is 1.83. The van der Waals surface area contributed by atoms with Crippen LogP contribution in [0.25, 0.3) is 0 Å². The average molecular weight is 287 g/mol. The Morgan fingerprint density at radius 2 is 1.65 bits per heavy atom. The van der Waals surface area contributed by atoms with Gasteiger partial charge in [-0.25, -0.2) is 0 Å². The zero-order chi connectivity index (χ0) is 13.8. The highest BCUT2D eigenvalue weighted by molar-refractivity contribution is 6.30. The second-order valence-electron chi connectivity index (χ2n) is 5.17. The van der Waals surface area contributed by atoms with Gasteiger partial charge in [-0.05, 0) is 35.7 Å². The molecule has 1 fully saturated rings. The van der Waals surface area contributed by atoms with Crippen molar-refractivity contribution >= 4 is 17.3 Å². The molecular weight excluding hydrogens is 268 g/mol. The third-order valence-electron chi connectivity index (χ3n) is 3.76. The fourth-order valence-electron chi connectivity index (χ4n) is 2.70. The molecule has 1 aliphatic rings. The molecule has 1 saturated heterocycles. The van der Waals surface area contributed by atoms with E-state index in [-0.39, 0.29) is 0 Å². The Labute approximate surface area is 125 Å². The third-order valence-corrected chi connectivity index (χ3v) is 4.01. The van der Waals surface area contributed by atoms with Crippen LogP contribution < -0.4 is 10.2 Å². The molecule has 0 atom stereocenters. The molecule has 0 unspecified atom stereocenters. The van der Waals surface area contributed by atoms with Gasteiger partial charge in [0, 0.05) is 36.9 Å². The molecule has 1 N–H and O–H groups in total. The first-order valence-corrected chi connectivity index (χ1v) is 7.49. The number of nitrogens with one attached hydrogen (secondary N) is 1. The first kappa shape index (κ1) is 13.5. The summed E-state index contributed by atoms with van der Waals surface area (Å²) in [4.78, 5) is 2.47. The van der Waals surface area contributed by atoms with Gasteiger partial charge in [0.1, 0.15) is 0 Å². The molecule has 1 aliphatic heterocycles. The lowest BCUT2D eigenvalue weighted by Crippen LogP contribution is -2.43. The van der Waals surface area contributed by atoms with E-state index in [1.54, 1.807) is 0 Å². The number of hydrogen-bond donors (Lipinski definition) is 1. The Hall–Kier alpha value is -1.51. The first-order chi connectivity index (χ1) is 9.83. The molecule has 2 nitrogen and oxygen atoms in total. The van der Waals surface area contributed by atoms with Gasteiger partial charge in [0.2, 0.25) is 0 Å². The number of para-hydroxylation sites is 1. The largest absolute Gasteiger partial charge is 0.369 e. The molecule has 0 aromatic heterocycles. The fourth-order valence-corrected chi connectivity index (χ4v) is 2.82. The van der Waals surface area contributed by atoms with E-state index in [4.69, 9.17) is 11.6 Å². The monoisotopic (exact) mass is 286 g/mol. The van der Waals surface area contributed by atoms with Crippen molar-refractivity contribution in [1.29, 1.82) is 0 Å². The van der Waals surface area contributed by atoms with Crippen LogP contribution in [-0.4, -0.2) is 26.2 Å². The van der Waals surface area contributed by atoms with E-state index in [0.29, 0.717) is 0 Å². The fraction of sp³-hybridized carbons (Fsp3) is 0.294. The maximum atomic E-state index is 5.95. The molecule has 20 heavy (non-hydrogen) atoms. The van der Waals surface area contributed by atoms with Crippen molar-refractivity contribution in [3.63, 3.8) is 0 Å². The molecular formula is C17H19ClN2. The smallest absolute Gasteiger partial charge is 0.0406 e. The van der Waals surface area contributed by atoms with E-state index < -0.39 is 0 Å². The number of hydrogen-bond acceptors (Lipinski definition) is 2. The van der Waals surface area contributed by atoms with Gasteiger partial charge in [0.05, 0.1) is 0 Å². The molecule has 0 saturated carbocycles.